The highest BCUT2D eigenvalue weighted by atomic mass is 16.1. The standard InChI is InChI=1S/C11H17N3O/c1-3-13-11(15)8-12-7-10-9(2)5-4-6-14-10/h4-6,12H,3,7-8H2,1-2H3,(H,13,15). The fourth-order valence-electron chi connectivity index (χ4n) is 1.26. The SMILES string of the molecule is CCNC(=O)CNCc1ncccc1C. The molecule has 1 amide bonds. The van der Waals surface area contributed by atoms with Crippen molar-refractivity contribution in [3.05, 3.63) is 29.6 Å². The molecule has 0 saturated heterocycles. The highest BCUT2D eigenvalue weighted by Gasteiger charge is 2.00. The second-order valence-corrected chi connectivity index (χ2v) is 3.32. The Morgan fingerprint density at radius 3 is 3.00 bits per heavy atom. The minimum atomic E-state index is 0.0195. The van der Waals surface area contributed by atoms with Crippen molar-refractivity contribution in [2.24, 2.45) is 0 Å². The number of nitrogens with one attached hydrogen (secondary N) is 2. The van der Waals surface area contributed by atoms with Gasteiger partial charge in [0.2, 0.25) is 5.91 Å². The quantitative estimate of drug-likeness (QED) is 0.744. The number of likely N-dealkylation sites (N-methyl/N-ethyl adjacent to an activating group) is 1. The number of aryl methyl sites for hydroxylation is 1. The fraction of sp³-hybridized carbons (Fsp3) is 0.455. The number of carbonyl (C=O) groups excluding carboxylic acids is 1. The van der Waals surface area contributed by atoms with Crippen molar-refractivity contribution in [3.8, 4) is 0 Å². The minimum Gasteiger partial charge on any atom is -0.355 e. The van der Waals surface area contributed by atoms with Crippen LogP contribution in [0.2, 0.25) is 0 Å². The van der Waals surface area contributed by atoms with Crippen LogP contribution in [0, 0.1) is 6.92 Å². The molecule has 82 valence electrons. The molecule has 0 radical (unpaired) electrons. The Kier molecular flexibility index (Phi) is 4.77. The molecule has 1 aromatic rings. The predicted molar refractivity (Wildman–Crippen MR) is 59.4 cm³/mol. The fourth-order valence-corrected chi connectivity index (χ4v) is 1.26. The van der Waals surface area contributed by atoms with E-state index in [2.05, 4.69) is 15.6 Å². The van der Waals surface area contributed by atoms with Crippen LogP contribution in [0.25, 0.3) is 0 Å². The van der Waals surface area contributed by atoms with Crippen molar-refractivity contribution in [1.82, 2.24) is 15.6 Å². The highest BCUT2D eigenvalue weighted by Crippen LogP contribution is 2.01. The third kappa shape index (κ3) is 4.08. The first-order valence-corrected chi connectivity index (χ1v) is 5.12. The van der Waals surface area contributed by atoms with E-state index in [0.29, 0.717) is 19.6 Å². The number of aromatic nitrogens is 1. The Morgan fingerprint density at radius 2 is 2.33 bits per heavy atom. The van der Waals surface area contributed by atoms with E-state index < -0.39 is 0 Å². The van der Waals surface area contributed by atoms with Crippen molar-refractivity contribution in [2.45, 2.75) is 20.4 Å². The first-order valence-electron chi connectivity index (χ1n) is 5.12. The molecule has 0 atom stereocenters. The van der Waals surface area contributed by atoms with Crippen molar-refractivity contribution < 1.29 is 4.79 Å². The summed E-state index contributed by atoms with van der Waals surface area (Å²) in [5.74, 6) is 0.0195. The van der Waals surface area contributed by atoms with Gasteiger partial charge in [-0.2, -0.15) is 0 Å². The summed E-state index contributed by atoms with van der Waals surface area (Å²) in [5, 5.41) is 5.78. The number of rotatable bonds is 5. The van der Waals surface area contributed by atoms with Gasteiger partial charge >= 0.3 is 0 Å². The molecule has 15 heavy (non-hydrogen) atoms. The number of hydrogen-bond acceptors (Lipinski definition) is 3. The van der Waals surface area contributed by atoms with Crippen LogP contribution in [0.5, 0.6) is 0 Å². The van der Waals surface area contributed by atoms with Crippen LogP contribution in [0.1, 0.15) is 18.2 Å². The van der Waals surface area contributed by atoms with Crippen LogP contribution in [0.4, 0.5) is 0 Å². The molecule has 0 aliphatic heterocycles. The molecule has 1 aromatic heterocycles. The summed E-state index contributed by atoms with van der Waals surface area (Å²) < 4.78 is 0. The molecule has 0 spiro atoms. The van der Waals surface area contributed by atoms with Gasteiger partial charge in [0.1, 0.15) is 0 Å². The molecule has 0 saturated carbocycles. The average Bonchev–Trinajstić information content (AvgIpc) is 2.21. The van der Waals surface area contributed by atoms with Crippen molar-refractivity contribution in [3.63, 3.8) is 0 Å². The zero-order valence-corrected chi connectivity index (χ0v) is 9.21. The maximum absolute atomic E-state index is 11.1. The molecule has 0 aliphatic rings. The van der Waals surface area contributed by atoms with Gasteiger partial charge in [-0.1, -0.05) is 6.07 Å². The zero-order valence-electron chi connectivity index (χ0n) is 9.21. The largest absolute Gasteiger partial charge is 0.355 e. The van der Waals surface area contributed by atoms with Crippen LogP contribution >= 0.6 is 0 Å². The van der Waals surface area contributed by atoms with Crippen LogP contribution in [0.15, 0.2) is 18.3 Å². The van der Waals surface area contributed by atoms with E-state index >= 15 is 0 Å². The van der Waals surface area contributed by atoms with E-state index in [9.17, 15) is 4.79 Å². The van der Waals surface area contributed by atoms with E-state index in [-0.39, 0.29) is 5.91 Å². The molecule has 0 aromatic carbocycles. The van der Waals surface area contributed by atoms with E-state index in [4.69, 9.17) is 0 Å². The maximum atomic E-state index is 11.1. The molecular weight excluding hydrogens is 190 g/mol. The summed E-state index contributed by atoms with van der Waals surface area (Å²) in [7, 11) is 0. The first kappa shape index (κ1) is 11.7. The molecule has 4 heteroatoms. The summed E-state index contributed by atoms with van der Waals surface area (Å²) in [4.78, 5) is 15.4. The van der Waals surface area contributed by atoms with E-state index in [0.717, 1.165) is 11.3 Å². The summed E-state index contributed by atoms with van der Waals surface area (Å²) in [6, 6.07) is 3.92. The maximum Gasteiger partial charge on any atom is 0.233 e. The molecule has 4 nitrogen and oxygen atoms in total. The molecule has 2 N–H and O–H groups in total. The molecule has 0 aliphatic carbocycles. The van der Waals surface area contributed by atoms with Crippen molar-refractivity contribution >= 4 is 5.91 Å². The summed E-state index contributed by atoms with van der Waals surface area (Å²) in [6.07, 6.45) is 1.76. The highest BCUT2D eigenvalue weighted by molar-refractivity contribution is 5.77. The lowest BCUT2D eigenvalue weighted by Crippen LogP contribution is -2.33. The Bertz CT molecular complexity index is 325. The molecule has 1 heterocycles. The van der Waals surface area contributed by atoms with Crippen molar-refractivity contribution in [1.29, 1.82) is 0 Å². The Hall–Kier alpha value is -1.42. The normalized spacial score (nSPS) is 10.0. The number of pyridine rings is 1. The van der Waals surface area contributed by atoms with E-state index in [1.807, 2.05) is 26.0 Å². The second kappa shape index (κ2) is 6.14. The van der Waals surface area contributed by atoms with Crippen LogP contribution < -0.4 is 10.6 Å². The van der Waals surface area contributed by atoms with Gasteiger partial charge in [0.15, 0.2) is 0 Å². The lowest BCUT2D eigenvalue weighted by Gasteiger charge is -2.06. The minimum absolute atomic E-state index is 0.0195. The van der Waals surface area contributed by atoms with Crippen molar-refractivity contribution in [2.75, 3.05) is 13.1 Å². The number of carbonyl (C=O) groups is 1. The van der Waals surface area contributed by atoms with Crippen LogP contribution in [-0.2, 0) is 11.3 Å². The average molecular weight is 207 g/mol. The third-order valence-corrected chi connectivity index (χ3v) is 2.07. The van der Waals surface area contributed by atoms with Gasteiger partial charge in [-0.25, -0.2) is 0 Å². The summed E-state index contributed by atoms with van der Waals surface area (Å²) in [6.45, 7) is 5.55. The number of nitrogens with zero attached hydrogens (tertiary/aromatic N) is 1. The lowest BCUT2D eigenvalue weighted by atomic mass is 10.2. The Morgan fingerprint density at radius 1 is 1.53 bits per heavy atom. The van der Waals surface area contributed by atoms with E-state index in [1.165, 1.54) is 0 Å². The Labute approximate surface area is 90.1 Å². The van der Waals surface area contributed by atoms with Gasteiger partial charge in [-0.3, -0.25) is 9.78 Å². The van der Waals surface area contributed by atoms with Gasteiger partial charge in [0.25, 0.3) is 0 Å². The predicted octanol–water partition coefficient (Wildman–Crippen LogP) is 0.616. The topological polar surface area (TPSA) is 54.0 Å². The Balaban J connectivity index is 2.32. The van der Waals surface area contributed by atoms with Gasteiger partial charge in [-0.15, -0.1) is 0 Å². The van der Waals surface area contributed by atoms with Crippen LogP contribution in [-0.4, -0.2) is 24.0 Å². The second-order valence-electron chi connectivity index (χ2n) is 3.32. The van der Waals surface area contributed by atoms with Gasteiger partial charge in [-0.05, 0) is 25.5 Å². The smallest absolute Gasteiger partial charge is 0.233 e. The van der Waals surface area contributed by atoms with Gasteiger partial charge < -0.3 is 10.6 Å². The monoisotopic (exact) mass is 207 g/mol. The first-order chi connectivity index (χ1) is 7.24. The van der Waals surface area contributed by atoms with E-state index in [1.54, 1.807) is 6.20 Å². The molecule has 0 fully saturated rings. The lowest BCUT2D eigenvalue weighted by molar-refractivity contribution is -0.120. The van der Waals surface area contributed by atoms with Gasteiger partial charge in [0.05, 0.1) is 12.2 Å². The van der Waals surface area contributed by atoms with Gasteiger partial charge in [0, 0.05) is 19.3 Å². The molecular formula is C11H17N3O. The summed E-state index contributed by atoms with van der Waals surface area (Å²) in [5.41, 5.74) is 2.13. The number of amides is 1. The third-order valence-electron chi connectivity index (χ3n) is 2.07. The van der Waals surface area contributed by atoms with Crippen LogP contribution in [0.3, 0.4) is 0 Å². The number of hydrogen-bond donors (Lipinski definition) is 2. The molecule has 0 bridgehead atoms. The molecule has 0 unspecified atom stereocenters. The molecule has 1 rings (SSSR count). The summed E-state index contributed by atoms with van der Waals surface area (Å²) >= 11 is 0. The zero-order chi connectivity index (χ0) is 11.1.